The number of allylic oxidation sites excluding steroid dienone is 1. The molecule has 5 heteroatoms. The molecule has 0 aromatic heterocycles. The third-order valence-electron chi connectivity index (χ3n) is 6.03. The van der Waals surface area contributed by atoms with Gasteiger partial charge in [0.1, 0.15) is 18.1 Å². The molecule has 1 fully saturated rings. The van der Waals surface area contributed by atoms with Gasteiger partial charge in [-0.05, 0) is 67.0 Å². The molecule has 158 valence electrons. The van der Waals surface area contributed by atoms with Crippen molar-refractivity contribution in [1.82, 2.24) is 4.90 Å². The molecule has 0 bridgehead atoms. The van der Waals surface area contributed by atoms with Crippen LogP contribution in [0.1, 0.15) is 52.7 Å². The van der Waals surface area contributed by atoms with Gasteiger partial charge in [0.25, 0.3) is 0 Å². The summed E-state index contributed by atoms with van der Waals surface area (Å²) in [6.45, 7) is 2.36. The topological polar surface area (TPSA) is 55.6 Å². The minimum atomic E-state index is -0.262. The van der Waals surface area contributed by atoms with Gasteiger partial charge in [-0.15, -0.1) is 0 Å². The highest BCUT2D eigenvalue weighted by atomic mass is 19.1. The number of hydrogen-bond donors (Lipinski definition) is 1. The van der Waals surface area contributed by atoms with Crippen molar-refractivity contribution in [3.8, 4) is 5.75 Å². The smallest absolute Gasteiger partial charge is 0.150 e. The third kappa shape index (κ3) is 4.57. The number of hydrogen-bond acceptors (Lipinski definition) is 4. The monoisotopic (exact) mass is 408 g/mol. The summed E-state index contributed by atoms with van der Waals surface area (Å²) in [7, 11) is 0. The summed E-state index contributed by atoms with van der Waals surface area (Å²) in [6.07, 6.45) is 5.35. The van der Waals surface area contributed by atoms with Gasteiger partial charge in [0.2, 0.25) is 0 Å². The van der Waals surface area contributed by atoms with Crippen molar-refractivity contribution in [3.05, 3.63) is 70.4 Å². The van der Waals surface area contributed by atoms with Crippen molar-refractivity contribution in [2.75, 3.05) is 26.3 Å². The average Bonchev–Trinajstić information content (AvgIpc) is 3.14. The number of benzene rings is 2. The number of alkyl halides is 1. The minimum absolute atomic E-state index is 0.153. The Balaban J connectivity index is 1.51. The molecule has 2 aromatic carbocycles. The van der Waals surface area contributed by atoms with E-state index in [1.807, 2.05) is 30.3 Å². The van der Waals surface area contributed by atoms with E-state index in [1.54, 1.807) is 0 Å². The lowest BCUT2D eigenvalue weighted by molar-refractivity contribution is 0.112. The SMILES string of the molecule is NC1=C(c2ccc(OC3CCN(CCCF)C3)cc2)c2ccc(C=O)cc2CCC1. The van der Waals surface area contributed by atoms with Gasteiger partial charge in [-0.1, -0.05) is 24.3 Å². The lowest BCUT2D eigenvalue weighted by Gasteiger charge is -2.17. The number of fused-ring (bicyclic) bond motifs is 1. The van der Waals surface area contributed by atoms with E-state index in [4.69, 9.17) is 10.5 Å². The summed E-state index contributed by atoms with van der Waals surface area (Å²) < 4.78 is 18.5. The maximum absolute atomic E-state index is 12.4. The van der Waals surface area contributed by atoms with E-state index in [0.29, 0.717) is 12.0 Å². The quantitative estimate of drug-likeness (QED) is 0.692. The lowest BCUT2D eigenvalue weighted by atomic mass is 9.92. The molecule has 4 nitrogen and oxygen atoms in total. The van der Waals surface area contributed by atoms with Crippen LogP contribution >= 0.6 is 0 Å². The van der Waals surface area contributed by atoms with Crippen LogP contribution in [0.4, 0.5) is 4.39 Å². The van der Waals surface area contributed by atoms with Crippen LogP contribution in [-0.2, 0) is 6.42 Å². The van der Waals surface area contributed by atoms with Crippen LogP contribution in [0.2, 0.25) is 0 Å². The predicted molar refractivity (Wildman–Crippen MR) is 117 cm³/mol. The largest absolute Gasteiger partial charge is 0.489 e. The summed E-state index contributed by atoms with van der Waals surface area (Å²) in [5.74, 6) is 0.848. The van der Waals surface area contributed by atoms with Crippen LogP contribution in [-0.4, -0.2) is 43.6 Å². The van der Waals surface area contributed by atoms with Gasteiger partial charge in [-0.3, -0.25) is 14.1 Å². The van der Waals surface area contributed by atoms with Gasteiger partial charge in [-0.25, -0.2) is 0 Å². The maximum Gasteiger partial charge on any atom is 0.150 e. The number of carbonyl (C=O) groups excluding carboxylic acids is 1. The fourth-order valence-electron chi connectivity index (χ4n) is 4.52. The van der Waals surface area contributed by atoms with Crippen molar-refractivity contribution in [2.45, 2.75) is 38.2 Å². The number of nitrogens with two attached hydrogens (primary N) is 1. The molecule has 2 aliphatic rings. The van der Waals surface area contributed by atoms with E-state index in [1.165, 1.54) is 5.56 Å². The van der Waals surface area contributed by atoms with Crippen LogP contribution in [0, 0.1) is 0 Å². The minimum Gasteiger partial charge on any atom is -0.489 e. The molecular weight excluding hydrogens is 379 g/mol. The van der Waals surface area contributed by atoms with Gasteiger partial charge in [0, 0.05) is 36.5 Å². The molecule has 1 aliphatic heterocycles. The van der Waals surface area contributed by atoms with Crippen molar-refractivity contribution < 1.29 is 13.9 Å². The summed E-state index contributed by atoms with van der Waals surface area (Å²) in [5, 5.41) is 0. The summed E-state index contributed by atoms with van der Waals surface area (Å²) in [6, 6.07) is 14.0. The first-order valence-electron chi connectivity index (χ1n) is 10.8. The predicted octanol–water partition coefficient (Wildman–Crippen LogP) is 4.37. The first-order chi connectivity index (χ1) is 14.7. The highest BCUT2D eigenvalue weighted by molar-refractivity contribution is 5.86. The molecule has 1 saturated heterocycles. The number of rotatable bonds is 7. The van der Waals surface area contributed by atoms with Crippen LogP contribution in [0.3, 0.4) is 0 Å². The zero-order chi connectivity index (χ0) is 20.9. The van der Waals surface area contributed by atoms with Crippen molar-refractivity contribution >= 4 is 11.9 Å². The number of aryl methyl sites for hydroxylation is 1. The molecule has 1 unspecified atom stereocenters. The standard InChI is InChI=1S/C25H29FN2O2/c26-12-2-13-28-14-11-22(16-28)30-21-8-6-19(7-9-21)25-23-10-5-18(17-29)15-20(23)3-1-4-24(25)27/h5-10,15,17,22H,1-4,11-14,16,27H2. The average molecular weight is 409 g/mol. The van der Waals surface area contributed by atoms with Crippen molar-refractivity contribution in [1.29, 1.82) is 0 Å². The zero-order valence-electron chi connectivity index (χ0n) is 17.3. The fraction of sp³-hybridized carbons (Fsp3) is 0.400. The van der Waals surface area contributed by atoms with E-state index in [0.717, 1.165) is 79.8 Å². The van der Waals surface area contributed by atoms with Crippen molar-refractivity contribution in [2.24, 2.45) is 5.73 Å². The van der Waals surface area contributed by atoms with Crippen LogP contribution in [0.25, 0.3) is 5.57 Å². The molecule has 4 rings (SSSR count). The number of nitrogens with zero attached hydrogens (tertiary/aromatic N) is 1. The number of halogens is 1. The highest BCUT2D eigenvalue weighted by Gasteiger charge is 2.24. The number of ether oxygens (including phenoxy) is 1. The second-order valence-corrected chi connectivity index (χ2v) is 8.18. The second kappa shape index (κ2) is 9.43. The van der Waals surface area contributed by atoms with E-state index in [2.05, 4.69) is 17.0 Å². The molecule has 1 heterocycles. The van der Waals surface area contributed by atoms with Crippen molar-refractivity contribution in [3.63, 3.8) is 0 Å². The van der Waals surface area contributed by atoms with E-state index < -0.39 is 0 Å². The Bertz CT molecular complexity index is 923. The maximum atomic E-state index is 12.4. The van der Waals surface area contributed by atoms with Gasteiger partial charge < -0.3 is 10.5 Å². The van der Waals surface area contributed by atoms with Crippen LogP contribution in [0.15, 0.2) is 48.2 Å². The summed E-state index contributed by atoms with van der Waals surface area (Å²) in [4.78, 5) is 13.4. The van der Waals surface area contributed by atoms with E-state index >= 15 is 0 Å². The summed E-state index contributed by atoms with van der Waals surface area (Å²) in [5.41, 5.74) is 12.5. The first-order valence-corrected chi connectivity index (χ1v) is 10.8. The molecular formula is C25H29FN2O2. The molecule has 0 amide bonds. The lowest BCUT2D eigenvalue weighted by Crippen LogP contribution is -2.26. The van der Waals surface area contributed by atoms with E-state index in [-0.39, 0.29) is 12.8 Å². The molecule has 1 atom stereocenters. The molecule has 0 spiro atoms. The van der Waals surface area contributed by atoms with Gasteiger partial charge in [-0.2, -0.15) is 0 Å². The Morgan fingerprint density at radius 3 is 2.77 bits per heavy atom. The number of aldehydes is 1. The molecule has 30 heavy (non-hydrogen) atoms. The van der Waals surface area contributed by atoms with E-state index in [9.17, 15) is 9.18 Å². The fourth-order valence-corrected chi connectivity index (χ4v) is 4.52. The third-order valence-corrected chi connectivity index (χ3v) is 6.03. The number of carbonyl (C=O) groups is 1. The van der Waals surface area contributed by atoms with Gasteiger partial charge in [0.05, 0.1) is 6.67 Å². The Morgan fingerprint density at radius 2 is 2.00 bits per heavy atom. The van der Waals surface area contributed by atoms with Gasteiger partial charge in [0.15, 0.2) is 0 Å². The Hall–Kier alpha value is -2.66. The molecule has 2 aromatic rings. The number of likely N-dealkylation sites (tertiary alicyclic amines) is 1. The normalized spacial score (nSPS) is 19.4. The van der Waals surface area contributed by atoms with Crippen LogP contribution < -0.4 is 10.5 Å². The Kier molecular flexibility index (Phi) is 6.48. The first kappa shape index (κ1) is 20.6. The Morgan fingerprint density at radius 1 is 1.17 bits per heavy atom. The van der Waals surface area contributed by atoms with Gasteiger partial charge >= 0.3 is 0 Å². The molecule has 0 saturated carbocycles. The summed E-state index contributed by atoms with van der Waals surface area (Å²) >= 11 is 0. The van der Waals surface area contributed by atoms with Crippen LogP contribution in [0.5, 0.6) is 5.75 Å². The second-order valence-electron chi connectivity index (χ2n) is 8.18. The molecule has 0 radical (unpaired) electrons. The molecule has 2 N–H and O–H groups in total. The molecule has 1 aliphatic carbocycles. The highest BCUT2D eigenvalue weighted by Crippen LogP contribution is 2.34. The Labute approximate surface area is 177 Å². The zero-order valence-corrected chi connectivity index (χ0v) is 17.3.